The lowest BCUT2D eigenvalue weighted by Gasteiger charge is -2.21. The van der Waals surface area contributed by atoms with E-state index in [2.05, 4.69) is 5.32 Å². The van der Waals surface area contributed by atoms with E-state index >= 15 is 0 Å². The van der Waals surface area contributed by atoms with Crippen molar-refractivity contribution in [3.63, 3.8) is 0 Å². The van der Waals surface area contributed by atoms with Gasteiger partial charge in [0.25, 0.3) is 5.91 Å². The molecule has 1 fully saturated rings. The first-order chi connectivity index (χ1) is 12.1. The Balaban J connectivity index is 1.62. The van der Waals surface area contributed by atoms with E-state index in [0.29, 0.717) is 0 Å². The van der Waals surface area contributed by atoms with Gasteiger partial charge >= 0.3 is 0 Å². The molecule has 0 radical (unpaired) electrons. The molecule has 2 atom stereocenters. The molecule has 2 heterocycles. The number of quaternary nitrogens is 1. The van der Waals surface area contributed by atoms with Gasteiger partial charge in [0, 0.05) is 12.7 Å². The van der Waals surface area contributed by atoms with E-state index in [9.17, 15) is 13.6 Å². The highest BCUT2D eigenvalue weighted by molar-refractivity contribution is 7.09. The molecule has 0 bridgehead atoms. The number of halogens is 2. The maximum absolute atomic E-state index is 13.7. The molecule has 0 saturated carbocycles. The molecule has 3 rings (SSSR count). The van der Waals surface area contributed by atoms with Gasteiger partial charge in [-0.3, -0.25) is 4.79 Å². The number of hydrogen-bond acceptors (Lipinski definition) is 3. The third-order valence-corrected chi connectivity index (χ3v) is 5.04. The zero-order valence-electron chi connectivity index (χ0n) is 13.8. The predicted octanol–water partition coefficient (Wildman–Crippen LogP) is 2.23. The highest BCUT2D eigenvalue weighted by atomic mass is 32.1. The van der Waals surface area contributed by atoms with Crippen molar-refractivity contribution in [2.75, 3.05) is 25.0 Å². The molecule has 1 aromatic carbocycles. The van der Waals surface area contributed by atoms with Crippen LogP contribution in [0.2, 0.25) is 0 Å². The standard InChI is InChI=1S/C18H20F2N2O2S/c19-13-5-6-17(16(20)9-13)21-18(23)12-22(10-14-3-1-7-24-14)11-15-4-2-8-25-15/h2,4-6,8-9,14H,1,3,7,10-12H2,(H,21,23)/p+1/t14-/m1/s1. The monoisotopic (exact) mass is 367 g/mol. The van der Waals surface area contributed by atoms with Crippen LogP contribution in [0.3, 0.4) is 0 Å². The summed E-state index contributed by atoms with van der Waals surface area (Å²) >= 11 is 1.65. The molecule has 4 nitrogen and oxygen atoms in total. The molecular weight excluding hydrogens is 346 g/mol. The molecule has 1 saturated heterocycles. The Bertz CT molecular complexity index is 703. The fourth-order valence-electron chi connectivity index (χ4n) is 3.01. The lowest BCUT2D eigenvalue weighted by atomic mass is 10.2. The first-order valence-electron chi connectivity index (χ1n) is 8.32. The molecule has 2 N–H and O–H groups in total. The maximum Gasteiger partial charge on any atom is 0.279 e. The van der Waals surface area contributed by atoms with Gasteiger partial charge in [-0.05, 0) is 36.4 Å². The molecule has 0 spiro atoms. The lowest BCUT2D eigenvalue weighted by molar-refractivity contribution is -0.908. The van der Waals surface area contributed by atoms with Gasteiger partial charge in [-0.2, -0.15) is 0 Å². The van der Waals surface area contributed by atoms with E-state index in [1.54, 1.807) is 11.3 Å². The summed E-state index contributed by atoms with van der Waals surface area (Å²) in [5.74, 6) is -1.74. The van der Waals surface area contributed by atoms with Gasteiger partial charge in [0.1, 0.15) is 30.8 Å². The number of anilines is 1. The van der Waals surface area contributed by atoms with Crippen molar-refractivity contribution in [3.05, 3.63) is 52.2 Å². The second-order valence-electron chi connectivity index (χ2n) is 6.19. The molecule has 1 aliphatic rings. The van der Waals surface area contributed by atoms with Gasteiger partial charge in [0.2, 0.25) is 0 Å². The fraction of sp³-hybridized carbons (Fsp3) is 0.389. The Hall–Kier alpha value is -1.83. The third kappa shape index (κ3) is 5.32. The average molecular weight is 367 g/mol. The van der Waals surface area contributed by atoms with E-state index in [1.165, 1.54) is 10.9 Å². The van der Waals surface area contributed by atoms with Gasteiger partial charge in [0.15, 0.2) is 6.54 Å². The number of carbonyl (C=O) groups is 1. The maximum atomic E-state index is 13.7. The van der Waals surface area contributed by atoms with Crippen molar-refractivity contribution in [1.29, 1.82) is 0 Å². The van der Waals surface area contributed by atoms with E-state index in [1.807, 2.05) is 17.5 Å². The Morgan fingerprint density at radius 3 is 2.92 bits per heavy atom. The first-order valence-corrected chi connectivity index (χ1v) is 9.20. The SMILES string of the molecule is O=C(C[NH+](Cc1cccs1)C[C@H]1CCCO1)Nc1ccc(F)cc1F. The topological polar surface area (TPSA) is 42.8 Å². The fourth-order valence-corrected chi connectivity index (χ4v) is 3.78. The Kier molecular flexibility index (Phi) is 6.12. The van der Waals surface area contributed by atoms with Crippen molar-refractivity contribution in [3.8, 4) is 0 Å². The number of nitrogens with one attached hydrogen (secondary N) is 2. The molecular formula is C18H21F2N2O2S+. The summed E-state index contributed by atoms with van der Waals surface area (Å²) in [6, 6.07) is 7.15. The largest absolute Gasteiger partial charge is 0.372 e. The number of amides is 1. The van der Waals surface area contributed by atoms with Crippen LogP contribution in [-0.4, -0.2) is 31.7 Å². The molecule has 2 aromatic rings. The molecule has 1 amide bonds. The van der Waals surface area contributed by atoms with Crippen LogP contribution < -0.4 is 10.2 Å². The summed E-state index contributed by atoms with van der Waals surface area (Å²) in [7, 11) is 0. The zero-order valence-corrected chi connectivity index (χ0v) is 14.6. The summed E-state index contributed by atoms with van der Waals surface area (Å²) in [6.07, 6.45) is 2.21. The third-order valence-electron chi connectivity index (χ3n) is 4.16. The van der Waals surface area contributed by atoms with Crippen molar-refractivity contribution in [1.82, 2.24) is 0 Å². The van der Waals surface area contributed by atoms with Crippen LogP contribution in [0.5, 0.6) is 0 Å². The van der Waals surface area contributed by atoms with E-state index < -0.39 is 11.6 Å². The van der Waals surface area contributed by atoms with E-state index in [4.69, 9.17) is 4.74 Å². The van der Waals surface area contributed by atoms with Crippen molar-refractivity contribution < 1.29 is 23.2 Å². The quantitative estimate of drug-likeness (QED) is 0.788. The minimum absolute atomic E-state index is 0.000935. The summed E-state index contributed by atoms with van der Waals surface area (Å²) in [6.45, 7) is 2.42. The number of rotatable bonds is 7. The molecule has 1 aliphatic heterocycles. The van der Waals surface area contributed by atoms with E-state index in [0.717, 1.165) is 49.6 Å². The van der Waals surface area contributed by atoms with Crippen LogP contribution in [0.4, 0.5) is 14.5 Å². The van der Waals surface area contributed by atoms with Crippen LogP contribution >= 0.6 is 11.3 Å². The molecule has 7 heteroatoms. The summed E-state index contributed by atoms with van der Waals surface area (Å²) < 4.78 is 32.3. The highest BCUT2D eigenvalue weighted by Crippen LogP contribution is 2.14. The Labute approximate surface area is 149 Å². The normalized spacial score (nSPS) is 18.2. The van der Waals surface area contributed by atoms with Crippen LogP contribution in [-0.2, 0) is 16.1 Å². The van der Waals surface area contributed by atoms with Gasteiger partial charge in [-0.15, -0.1) is 11.3 Å². The number of thiophene rings is 1. The number of ether oxygens (including phenoxy) is 1. The van der Waals surface area contributed by atoms with Crippen molar-refractivity contribution >= 4 is 22.9 Å². The van der Waals surface area contributed by atoms with Crippen LogP contribution in [0.15, 0.2) is 35.7 Å². The minimum atomic E-state index is -0.771. The highest BCUT2D eigenvalue weighted by Gasteiger charge is 2.24. The number of benzene rings is 1. The summed E-state index contributed by atoms with van der Waals surface area (Å²) in [5, 5.41) is 4.54. The molecule has 134 valence electrons. The van der Waals surface area contributed by atoms with Crippen molar-refractivity contribution in [2.24, 2.45) is 0 Å². The van der Waals surface area contributed by atoms with Gasteiger partial charge in [0.05, 0.1) is 10.6 Å². The molecule has 0 aliphatic carbocycles. The number of hydrogen-bond donors (Lipinski definition) is 2. The van der Waals surface area contributed by atoms with Crippen LogP contribution in [0.25, 0.3) is 0 Å². The van der Waals surface area contributed by atoms with Gasteiger partial charge in [-0.25, -0.2) is 8.78 Å². The smallest absolute Gasteiger partial charge is 0.279 e. The van der Waals surface area contributed by atoms with Crippen LogP contribution in [0.1, 0.15) is 17.7 Å². The number of carbonyl (C=O) groups excluding carboxylic acids is 1. The van der Waals surface area contributed by atoms with Crippen LogP contribution in [0, 0.1) is 11.6 Å². The zero-order chi connectivity index (χ0) is 17.6. The average Bonchev–Trinajstić information content (AvgIpc) is 3.24. The molecule has 1 aromatic heterocycles. The second-order valence-corrected chi connectivity index (χ2v) is 7.23. The van der Waals surface area contributed by atoms with E-state index in [-0.39, 0.29) is 24.2 Å². The Morgan fingerprint density at radius 1 is 1.36 bits per heavy atom. The van der Waals surface area contributed by atoms with Crippen molar-refractivity contribution in [2.45, 2.75) is 25.5 Å². The Morgan fingerprint density at radius 2 is 2.24 bits per heavy atom. The minimum Gasteiger partial charge on any atom is -0.372 e. The molecule has 1 unspecified atom stereocenters. The van der Waals surface area contributed by atoms with Gasteiger partial charge < -0.3 is 15.0 Å². The lowest BCUT2D eigenvalue weighted by Crippen LogP contribution is -3.12. The summed E-state index contributed by atoms with van der Waals surface area (Å²) in [4.78, 5) is 14.6. The van der Waals surface area contributed by atoms with Gasteiger partial charge in [-0.1, -0.05) is 6.07 Å². The predicted molar refractivity (Wildman–Crippen MR) is 92.7 cm³/mol. The molecule has 25 heavy (non-hydrogen) atoms. The first kappa shape index (κ1) is 18.0. The second kappa shape index (κ2) is 8.51. The summed E-state index contributed by atoms with van der Waals surface area (Å²) in [5.41, 5.74) is -0.000935.